The average Bonchev–Trinajstić information content (AvgIpc) is 3.20. The highest BCUT2D eigenvalue weighted by molar-refractivity contribution is 6.30. The van der Waals surface area contributed by atoms with E-state index in [9.17, 15) is 4.79 Å². The highest BCUT2D eigenvalue weighted by Gasteiger charge is 2.57. The number of amides is 1. The van der Waals surface area contributed by atoms with Crippen molar-refractivity contribution in [3.63, 3.8) is 0 Å². The molecule has 5 heteroatoms. The summed E-state index contributed by atoms with van der Waals surface area (Å²) < 4.78 is 0. The van der Waals surface area contributed by atoms with E-state index in [0.29, 0.717) is 5.41 Å². The van der Waals surface area contributed by atoms with Gasteiger partial charge >= 0.3 is 0 Å². The summed E-state index contributed by atoms with van der Waals surface area (Å²) in [4.78, 5) is 12.5. The lowest BCUT2D eigenvalue weighted by Crippen LogP contribution is -2.35. The van der Waals surface area contributed by atoms with Crippen molar-refractivity contribution < 1.29 is 4.79 Å². The van der Waals surface area contributed by atoms with Crippen LogP contribution in [0.15, 0.2) is 24.3 Å². The van der Waals surface area contributed by atoms with Gasteiger partial charge in [0.2, 0.25) is 5.91 Å². The lowest BCUT2D eigenvalue weighted by Gasteiger charge is -2.24. The fourth-order valence-electron chi connectivity index (χ4n) is 3.58. The van der Waals surface area contributed by atoms with Gasteiger partial charge in [0.25, 0.3) is 0 Å². The molecule has 3 rings (SSSR count). The van der Waals surface area contributed by atoms with Crippen molar-refractivity contribution in [1.82, 2.24) is 10.6 Å². The molecule has 1 saturated heterocycles. The van der Waals surface area contributed by atoms with Crippen molar-refractivity contribution in [3.8, 4) is 0 Å². The predicted octanol–water partition coefficient (Wildman–Crippen LogP) is 3.72. The third kappa shape index (κ3) is 3.58. The maximum atomic E-state index is 12.5. The Kier molecular flexibility index (Phi) is 5.76. The second kappa shape index (κ2) is 7.20. The number of hydrogen-bond acceptors (Lipinski definition) is 2. The first-order chi connectivity index (χ1) is 10.1. The molecule has 1 aromatic rings. The van der Waals surface area contributed by atoms with Crippen LogP contribution >= 0.6 is 24.0 Å². The SMILES string of the molecule is CCC(NC(=O)C1CC12CCNCC2)c1ccc(Cl)cc1.Cl. The van der Waals surface area contributed by atoms with Crippen molar-refractivity contribution in [3.05, 3.63) is 34.9 Å². The number of rotatable bonds is 4. The Labute approximate surface area is 143 Å². The highest BCUT2D eigenvalue weighted by Crippen LogP contribution is 2.58. The van der Waals surface area contributed by atoms with Crippen LogP contribution in [0, 0.1) is 11.3 Å². The molecular weight excluding hydrogens is 319 g/mol. The Morgan fingerprint density at radius 2 is 2.00 bits per heavy atom. The minimum absolute atomic E-state index is 0. The topological polar surface area (TPSA) is 41.1 Å². The average molecular weight is 343 g/mol. The van der Waals surface area contributed by atoms with E-state index >= 15 is 0 Å². The third-order valence-corrected chi connectivity index (χ3v) is 5.35. The van der Waals surface area contributed by atoms with Gasteiger partial charge in [-0.05, 0) is 61.9 Å². The Bertz CT molecular complexity index is 512. The van der Waals surface area contributed by atoms with Crippen LogP contribution in [0.5, 0.6) is 0 Å². The molecule has 2 aliphatic rings. The lowest BCUT2D eigenvalue weighted by molar-refractivity contribution is -0.124. The number of carbonyl (C=O) groups is 1. The Morgan fingerprint density at radius 3 is 2.59 bits per heavy atom. The van der Waals surface area contributed by atoms with Crippen molar-refractivity contribution >= 4 is 29.9 Å². The summed E-state index contributed by atoms with van der Waals surface area (Å²) in [5, 5.41) is 7.34. The first kappa shape index (κ1) is 17.6. The van der Waals surface area contributed by atoms with Gasteiger partial charge in [0.1, 0.15) is 0 Å². The Morgan fingerprint density at radius 1 is 1.36 bits per heavy atom. The van der Waals surface area contributed by atoms with E-state index in [4.69, 9.17) is 11.6 Å². The van der Waals surface area contributed by atoms with Crippen LogP contribution in [0.1, 0.15) is 44.2 Å². The van der Waals surface area contributed by atoms with Gasteiger partial charge < -0.3 is 10.6 Å². The summed E-state index contributed by atoms with van der Waals surface area (Å²) >= 11 is 5.93. The monoisotopic (exact) mass is 342 g/mol. The molecule has 1 aromatic carbocycles. The van der Waals surface area contributed by atoms with Crippen molar-refractivity contribution in [2.75, 3.05) is 13.1 Å². The highest BCUT2D eigenvalue weighted by atomic mass is 35.5. The summed E-state index contributed by atoms with van der Waals surface area (Å²) in [6.07, 6.45) is 4.25. The largest absolute Gasteiger partial charge is 0.349 e. The summed E-state index contributed by atoms with van der Waals surface area (Å²) in [5.74, 6) is 0.458. The van der Waals surface area contributed by atoms with E-state index in [1.807, 2.05) is 24.3 Å². The van der Waals surface area contributed by atoms with Gasteiger partial charge in [0.05, 0.1) is 6.04 Å². The summed E-state index contributed by atoms with van der Waals surface area (Å²) in [6.45, 7) is 4.21. The Hall–Kier alpha value is -0.770. The van der Waals surface area contributed by atoms with Crippen LogP contribution in [-0.2, 0) is 4.79 Å². The van der Waals surface area contributed by atoms with Crippen molar-refractivity contribution in [2.24, 2.45) is 11.3 Å². The van der Waals surface area contributed by atoms with Gasteiger partial charge in [0, 0.05) is 10.9 Å². The molecule has 1 saturated carbocycles. The predicted molar refractivity (Wildman–Crippen MR) is 92.5 cm³/mol. The van der Waals surface area contributed by atoms with Gasteiger partial charge in [-0.1, -0.05) is 30.7 Å². The van der Waals surface area contributed by atoms with Crippen LogP contribution < -0.4 is 10.6 Å². The molecule has 2 unspecified atom stereocenters. The van der Waals surface area contributed by atoms with E-state index in [0.717, 1.165) is 49.4 Å². The molecule has 1 heterocycles. The minimum Gasteiger partial charge on any atom is -0.349 e. The zero-order chi connectivity index (χ0) is 14.9. The van der Waals surface area contributed by atoms with Gasteiger partial charge in [-0.3, -0.25) is 4.79 Å². The van der Waals surface area contributed by atoms with E-state index in [1.165, 1.54) is 0 Å². The number of benzene rings is 1. The fraction of sp³-hybridized carbons (Fsp3) is 0.588. The molecule has 1 aliphatic heterocycles. The van der Waals surface area contributed by atoms with E-state index in [1.54, 1.807) is 0 Å². The second-order valence-electron chi connectivity index (χ2n) is 6.39. The Balaban J connectivity index is 0.00000176. The first-order valence-corrected chi connectivity index (χ1v) is 8.29. The fourth-order valence-corrected chi connectivity index (χ4v) is 3.71. The standard InChI is InChI=1S/C17H23ClN2O.ClH/c1-2-15(12-3-5-13(18)6-4-12)20-16(21)14-11-17(14)7-9-19-10-8-17;/h3-6,14-15,19H,2,7-11H2,1H3,(H,20,21);1H. The quantitative estimate of drug-likeness (QED) is 0.875. The van der Waals surface area contributed by atoms with Gasteiger partial charge in [-0.15, -0.1) is 12.4 Å². The smallest absolute Gasteiger partial charge is 0.224 e. The number of hydrogen-bond donors (Lipinski definition) is 2. The molecule has 1 amide bonds. The minimum atomic E-state index is 0. The molecule has 22 heavy (non-hydrogen) atoms. The summed E-state index contributed by atoms with van der Waals surface area (Å²) in [6, 6.07) is 7.87. The first-order valence-electron chi connectivity index (χ1n) is 7.91. The molecule has 122 valence electrons. The number of halogens is 2. The zero-order valence-electron chi connectivity index (χ0n) is 12.9. The molecule has 0 radical (unpaired) electrons. The van der Waals surface area contributed by atoms with Crippen molar-refractivity contribution in [2.45, 2.75) is 38.6 Å². The molecule has 0 bridgehead atoms. The van der Waals surface area contributed by atoms with Crippen LogP contribution in [0.25, 0.3) is 0 Å². The van der Waals surface area contributed by atoms with E-state index < -0.39 is 0 Å². The maximum absolute atomic E-state index is 12.5. The normalized spacial score (nSPS) is 23.5. The number of nitrogens with one attached hydrogen (secondary N) is 2. The second-order valence-corrected chi connectivity index (χ2v) is 6.83. The zero-order valence-corrected chi connectivity index (χ0v) is 14.5. The summed E-state index contributed by atoms with van der Waals surface area (Å²) in [5.41, 5.74) is 1.43. The number of carbonyl (C=O) groups excluding carboxylic acids is 1. The number of piperidine rings is 1. The van der Waals surface area contributed by atoms with Gasteiger partial charge in [0.15, 0.2) is 0 Å². The van der Waals surface area contributed by atoms with E-state index in [2.05, 4.69) is 17.6 Å². The molecule has 2 atom stereocenters. The van der Waals surface area contributed by atoms with Crippen LogP contribution in [0.3, 0.4) is 0 Å². The molecule has 1 aliphatic carbocycles. The van der Waals surface area contributed by atoms with Crippen LogP contribution in [0.4, 0.5) is 0 Å². The van der Waals surface area contributed by atoms with Crippen molar-refractivity contribution in [1.29, 1.82) is 0 Å². The maximum Gasteiger partial charge on any atom is 0.224 e. The van der Waals surface area contributed by atoms with E-state index in [-0.39, 0.29) is 30.3 Å². The van der Waals surface area contributed by atoms with Crippen LogP contribution in [0.2, 0.25) is 5.02 Å². The molecule has 3 nitrogen and oxygen atoms in total. The molecule has 0 aromatic heterocycles. The summed E-state index contributed by atoms with van der Waals surface area (Å²) in [7, 11) is 0. The van der Waals surface area contributed by atoms with Crippen LogP contribution in [-0.4, -0.2) is 19.0 Å². The molecular formula is C17H24Cl2N2O. The molecule has 2 N–H and O–H groups in total. The van der Waals surface area contributed by atoms with Gasteiger partial charge in [-0.25, -0.2) is 0 Å². The van der Waals surface area contributed by atoms with Gasteiger partial charge in [-0.2, -0.15) is 0 Å². The molecule has 2 fully saturated rings. The molecule has 1 spiro atoms. The third-order valence-electron chi connectivity index (χ3n) is 5.10. The lowest BCUT2D eigenvalue weighted by atomic mass is 9.91.